The number of aromatic nitrogens is 2. The van der Waals surface area contributed by atoms with Crippen LogP contribution in [0.4, 0.5) is 0 Å². The van der Waals surface area contributed by atoms with Crippen molar-refractivity contribution in [3.63, 3.8) is 0 Å². The lowest BCUT2D eigenvalue weighted by molar-refractivity contribution is 0.380. The molecule has 0 atom stereocenters. The molecule has 1 rings (SSSR count). The Morgan fingerprint density at radius 1 is 1.25 bits per heavy atom. The van der Waals surface area contributed by atoms with Gasteiger partial charge in [-0.15, -0.1) is 0 Å². The number of rotatable bonds is 4. The van der Waals surface area contributed by atoms with Crippen LogP contribution in [0.1, 0.15) is 58.7 Å². The highest BCUT2D eigenvalue weighted by molar-refractivity contribution is 5.36. The van der Waals surface area contributed by atoms with Gasteiger partial charge in [0.15, 0.2) is 0 Å². The molecule has 16 heavy (non-hydrogen) atoms. The van der Waals surface area contributed by atoms with Gasteiger partial charge in [-0.05, 0) is 18.3 Å². The zero-order valence-electron chi connectivity index (χ0n) is 11.2. The summed E-state index contributed by atoms with van der Waals surface area (Å²) in [6.45, 7) is 11.4. The molecule has 3 nitrogen and oxygen atoms in total. The lowest BCUT2D eigenvalue weighted by Crippen LogP contribution is -2.13. The standard InChI is InChI=1S/C13H24N2O/c1-6-8-9-15-12(16)11(13(3,4)5)10(7-2)14-15/h16H,6-9H2,1-5H3. The van der Waals surface area contributed by atoms with Crippen LogP contribution in [-0.4, -0.2) is 14.9 Å². The van der Waals surface area contributed by atoms with Gasteiger partial charge in [-0.1, -0.05) is 41.0 Å². The van der Waals surface area contributed by atoms with Crippen molar-refractivity contribution in [3.8, 4) is 5.88 Å². The van der Waals surface area contributed by atoms with E-state index in [1.54, 1.807) is 4.68 Å². The summed E-state index contributed by atoms with van der Waals surface area (Å²) in [6.07, 6.45) is 3.05. The van der Waals surface area contributed by atoms with Gasteiger partial charge in [-0.3, -0.25) is 0 Å². The monoisotopic (exact) mass is 224 g/mol. The SMILES string of the molecule is CCCCn1nc(CC)c(C(C)(C)C)c1O. The van der Waals surface area contributed by atoms with E-state index in [4.69, 9.17) is 0 Å². The highest BCUT2D eigenvalue weighted by Crippen LogP contribution is 2.34. The first-order valence-corrected chi connectivity index (χ1v) is 6.20. The van der Waals surface area contributed by atoms with Crippen molar-refractivity contribution in [2.45, 2.75) is 65.8 Å². The first-order valence-electron chi connectivity index (χ1n) is 6.20. The molecule has 0 fully saturated rings. The summed E-state index contributed by atoms with van der Waals surface area (Å²) in [6, 6.07) is 0. The van der Waals surface area contributed by atoms with E-state index in [9.17, 15) is 5.11 Å². The molecular weight excluding hydrogens is 200 g/mol. The van der Waals surface area contributed by atoms with E-state index in [2.05, 4.69) is 39.7 Å². The minimum atomic E-state index is -0.0418. The zero-order valence-corrected chi connectivity index (χ0v) is 11.2. The first kappa shape index (κ1) is 13.1. The van der Waals surface area contributed by atoms with Crippen molar-refractivity contribution in [2.24, 2.45) is 0 Å². The molecule has 1 heterocycles. The summed E-state index contributed by atoms with van der Waals surface area (Å²) in [5.41, 5.74) is 1.99. The van der Waals surface area contributed by atoms with Gasteiger partial charge >= 0.3 is 0 Å². The number of aryl methyl sites for hydroxylation is 2. The van der Waals surface area contributed by atoms with Crippen LogP contribution in [0.2, 0.25) is 0 Å². The van der Waals surface area contributed by atoms with Gasteiger partial charge in [0.25, 0.3) is 0 Å². The molecule has 0 saturated heterocycles. The Bertz CT molecular complexity index is 348. The topological polar surface area (TPSA) is 38.0 Å². The molecule has 3 heteroatoms. The van der Waals surface area contributed by atoms with Gasteiger partial charge in [-0.2, -0.15) is 5.10 Å². The molecule has 92 valence electrons. The Kier molecular flexibility index (Phi) is 4.00. The molecule has 0 saturated carbocycles. The fraction of sp³-hybridized carbons (Fsp3) is 0.769. The summed E-state index contributed by atoms with van der Waals surface area (Å²) in [7, 11) is 0. The molecule has 0 spiro atoms. The quantitative estimate of drug-likeness (QED) is 0.852. The van der Waals surface area contributed by atoms with E-state index in [0.717, 1.165) is 37.1 Å². The number of aromatic hydroxyl groups is 1. The van der Waals surface area contributed by atoms with E-state index in [1.807, 2.05) is 0 Å². The van der Waals surface area contributed by atoms with Crippen LogP contribution < -0.4 is 0 Å². The number of hydrogen-bond donors (Lipinski definition) is 1. The third-order valence-electron chi connectivity index (χ3n) is 2.81. The predicted octanol–water partition coefficient (Wildman–Crippen LogP) is 3.25. The van der Waals surface area contributed by atoms with Crippen LogP contribution in [0.5, 0.6) is 5.88 Å². The number of hydrogen-bond acceptors (Lipinski definition) is 2. The van der Waals surface area contributed by atoms with E-state index in [1.165, 1.54) is 0 Å². The van der Waals surface area contributed by atoms with Crippen molar-refractivity contribution in [3.05, 3.63) is 11.3 Å². The van der Waals surface area contributed by atoms with Gasteiger partial charge < -0.3 is 5.11 Å². The van der Waals surface area contributed by atoms with Crippen LogP contribution >= 0.6 is 0 Å². The van der Waals surface area contributed by atoms with E-state index in [-0.39, 0.29) is 5.41 Å². The van der Waals surface area contributed by atoms with Crippen molar-refractivity contribution >= 4 is 0 Å². The first-order chi connectivity index (χ1) is 7.41. The summed E-state index contributed by atoms with van der Waals surface area (Å²) < 4.78 is 1.75. The van der Waals surface area contributed by atoms with Crippen molar-refractivity contribution in [2.75, 3.05) is 0 Å². The summed E-state index contributed by atoms with van der Waals surface area (Å²) in [5, 5.41) is 14.7. The molecular formula is C13H24N2O. The van der Waals surface area contributed by atoms with Crippen LogP contribution in [-0.2, 0) is 18.4 Å². The lowest BCUT2D eigenvalue weighted by Gasteiger charge is -2.18. The Morgan fingerprint density at radius 3 is 2.25 bits per heavy atom. The number of nitrogens with zero attached hydrogens (tertiary/aromatic N) is 2. The molecule has 0 amide bonds. The smallest absolute Gasteiger partial charge is 0.213 e. The maximum Gasteiger partial charge on any atom is 0.213 e. The van der Waals surface area contributed by atoms with Gasteiger partial charge in [0.2, 0.25) is 5.88 Å². The highest BCUT2D eigenvalue weighted by atomic mass is 16.3. The Labute approximate surface area is 98.5 Å². The van der Waals surface area contributed by atoms with Gasteiger partial charge in [0, 0.05) is 12.1 Å². The average molecular weight is 224 g/mol. The highest BCUT2D eigenvalue weighted by Gasteiger charge is 2.26. The second-order valence-corrected chi connectivity index (χ2v) is 5.33. The summed E-state index contributed by atoms with van der Waals surface area (Å²) >= 11 is 0. The predicted molar refractivity (Wildman–Crippen MR) is 66.9 cm³/mol. The normalized spacial score (nSPS) is 12.1. The summed E-state index contributed by atoms with van der Waals surface area (Å²) in [5.74, 6) is 0.359. The van der Waals surface area contributed by atoms with Gasteiger partial charge in [-0.25, -0.2) is 4.68 Å². The van der Waals surface area contributed by atoms with Crippen LogP contribution in [0.15, 0.2) is 0 Å². The molecule has 1 aromatic heterocycles. The summed E-state index contributed by atoms with van der Waals surface area (Å²) in [4.78, 5) is 0. The Balaban J connectivity index is 3.11. The Hall–Kier alpha value is -0.990. The molecule has 0 aliphatic heterocycles. The third kappa shape index (κ3) is 2.57. The van der Waals surface area contributed by atoms with E-state index in [0.29, 0.717) is 5.88 Å². The van der Waals surface area contributed by atoms with Gasteiger partial charge in [0.05, 0.1) is 5.69 Å². The molecule has 0 bridgehead atoms. The van der Waals surface area contributed by atoms with Crippen LogP contribution in [0, 0.1) is 0 Å². The fourth-order valence-electron chi connectivity index (χ4n) is 1.98. The maximum absolute atomic E-state index is 10.2. The largest absolute Gasteiger partial charge is 0.493 e. The van der Waals surface area contributed by atoms with Crippen molar-refractivity contribution in [1.29, 1.82) is 0 Å². The van der Waals surface area contributed by atoms with Crippen molar-refractivity contribution in [1.82, 2.24) is 9.78 Å². The van der Waals surface area contributed by atoms with E-state index < -0.39 is 0 Å². The average Bonchev–Trinajstić information content (AvgIpc) is 2.51. The second kappa shape index (κ2) is 4.89. The third-order valence-corrected chi connectivity index (χ3v) is 2.81. The minimum Gasteiger partial charge on any atom is -0.493 e. The van der Waals surface area contributed by atoms with E-state index >= 15 is 0 Å². The lowest BCUT2D eigenvalue weighted by atomic mass is 9.86. The molecule has 1 N–H and O–H groups in total. The Morgan fingerprint density at radius 2 is 1.88 bits per heavy atom. The molecule has 0 unspecified atom stereocenters. The number of unbranched alkanes of at least 4 members (excludes halogenated alkanes) is 1. The molecule has 0 aliphatic rings. The second-order valence-electron chi connectivity index (χ2n) is 5.33. The molecule has 0 aliphatic carbocycles. The van der Waals surface area contributed by atoms with Crippen LogP contribution in [0.25, 0.3) is 0 Å². The van der Waals surface area contributed by atoms with Crippen molar-refractivity contribution < 1.29 is 5.11 Å². The minimum absolute atomic E-state index is 0.0418. The van der Waals surface area contributed by atoms with Crippen LogP contribution in [0.3, 0.4) is 0 Å². The molecule has 1 aromatic rings. The zero-order chi connectivity index (χ0) is 12.3. The fourth-order valence-corrected chi connectivity index (χ4v) is 1.98. The molecule has 0 radical (unpaired) electrons. The molecule has 0 aromatic carbocycles. The van der Waals surface area contributed by atoms with Gasteiger partial charge in [0.1, 0.15) is 0 Å². The maximum atomic E-state index is 10.2.